The Morgan fingerprint density at radius 1 is 1.14 bits per heavy atom. The maximum absolute atomic E-state index is 12.6. The Morgan fingerprint density at radius 2 is 1.82 bits per heavy atom. The molecule has 1 fully saturated rings. The van der Waals surface area contributed by atoms with Gasteiger partial charge in [0.15, 0.2) is 0 Å². The van der Waals surface area contributed by atoms with Gasteiger partial charge in [0.2, 0.25) is 10.0 Å². The molecular formula is C19H22N4O3S2. The molecule has 4 rings (SSSR count). The lowest BCUT2D eigenvalue weighted by molar-refractivity contribution is 0.183. The van der Waals surface area contributed by atoms with Gasteiger partial charge in [0.05, 0.1) is 11.6 Å². The van der Waals surface area contributed by atoms with Crippen LogP contribution in [-0.4, -0.2) is 59.6 Å². The first-order valence-electron chi connectivity index (χ1n) is 9.03. The van der Waals surface area contributed by atoms with Crippen LogP contribution in [0.15, 0.2) is 41.6 Å². The van der Waals surface area contributed by atoms with Crippen molar-refractivity contribution in [1.82, 2.24) is 18.8 Å². The van der Waals surface area contributed by atoms with Crippen molar-refractivity contribution in [2.24, 2.45) is 7.05 Å². The zero-order chi connectivity index (χ0) is 19.9. The van der Waals surface area contributed by atoms with E-state index >= 15 is 0 Å². The molecule has 3 aromatic heterocycles. The maximum atomic E-state index is 12.6. The molecule has 4 heterocycles. The molecular weight excluding hydrogens is 396 g/mol. The number of hydrogen-bond donors (Lipinski definition) is 0. The van der Waals surface area contributed by atoms with E-state index in [1.807, 2.05) is 24.4 Å². The summed E-state index contributed by atoms with van der Waals surface area (Å²) in [6.45, 7) is 3.12. The van der Waals surface area contributed by atoms with Crippen LogP contribution in [0.25, 0.3) is 21.2 Å². The number of nitrogens with zero attached hydrogens (tertiary/aromatic N) is 4. The van der Waals surface area contributed by atoms with Gasteiger partial charge >= 0.3 is 0 Å². The molecule has 0 aliphatic carbocycles. The van der Waals surface area contributed by atoms with Crippen molar-refractivity contribution in [3.63, 3.8) is 0 Å². The summed E-state index contributed by atoms with van der Waals surface area (Å²) in [5.74, 6) is 0. The van der Waals surface area contributed by atoms with Crippen LogP contribution in [0.5, 0.6) is 0 Å². The molecule has 0 atom stereocenters. The van der Waals surface area contributed by atoms with Crippen LogP contribution < -0.4 is 5.56 Å². The smallest absolute Gasteiger partial charge is 0.259 e. The lowest BCUT2D eigenvalue weighted by atomic mass is 10.1. The van der Waals surface area contributed by atoms with E-state index in [0.29, 0.717) is 26.2 Å². The van der Waals surface area contributed by atoms with E-state index in [1.54, 1.807) is 35.3 Å². The third-order valence-electron chi connectivity index (χ3n) is 5.07. The van der Waals surface area contributed by atoms with E-state index in [2.05, 4.69) is 9.88 Å². The van der Waals surface area contributed by atoms with E-state index in [4.69, 9.17) is 0 Å². The van der Waals surface area contributed by atoms with Gasteiger partial charge in [-0.3, -0.25) is 14.7 Å². The van der Waals surface area contributed by atoms with Gasteiger partial charge in [-0.05, 0) is 23.8 Å². The Morgan fingerprint density at radius 3 is 2.46 bits per heavy atom. The Balaban J connectivity index is 1.64. The van der Waals surface area contributed by atoms with E-state index in [9.17, 15) is 13.2 Å². The minimum Gasteiger partial charge on any atom is -0.317 e. The van der Waals surface area contributed by atoms with Crippen LogP contribution >= 0.6 is 11.3 Å². The summed E-state index contributed by atoms with van der Waals surface area (Å²) in [4.78, 5) is 20.1. The molecule has 0 radical (unpaired) electrons. The number of pyridine rings is 2. The van der Waals surface area contributed by atoms with Crippen molar-refractivity contribution in [2.75, 3.05) is 32.4 Å². The number of rotatable bonds is 4. The lowest BCUT2D eigenvalue weighted by Crippen LogP contribution is -2.47. The molecule has 1 saturated heterocycles. The molecule has 1 aliphatic heterocycles. The highest BCUT2D eigenvalue weighted by atomic mass is 32.2. The highest BCUT2D eigenvalue weighted by Crippen LogP contribution is 2.33. The maximum Gasteiger partial charge on any atom is 0.259 e. The minimum absolute atomic E-state index is 0.00259. The van der Waals surface area contributed by atoms with Gasteiger partial charge in [-0.25, -0.2) is 8.42 Å². The van der Waals surface area contributed by atoms with E-state index in [0.717, 1.165) is 32.6 Å². The van der Waals surface area contributed by atoms with Crippen LogP contribution in [0.3, 0.4) is 0 Å². The fourth-order valence-electron chi connectivity index (χ4n) is 3.56. The Bertz CT molecular complexity index is 1160. The normalized spacial score (nSPS) is 16.6. The fourth-order valence-corrected chi connectivity index (χ4v) is 5.61. The number of hydrogen-bond acceptors (Lipinski definition) is 6. The summed E-state index contributed by atoms with van der Waals surface area (Å²) in [7, 11) is -1.36. The third kappa shape index (κ3) is 3.75. The number of aromatic nitrogens is 2. The largest absolute Gasteiger partial charge is 0.317 e. The Hall–Kier alpha value is -2.07. The van der Waals surface area contributed by atoms with Crippen LogP contribution in [0.2, 0.25) is 0 Å². The van der Waals surface area contributed by atoms with Gasteiger partial charge in [-0.1, -0.05) is 0 Å². The third-order valence-corrected chi connectivity index (χ3v) is 7.53. The second-order valence-electron chi connectivity index (χ2n) is 7.09. The molecule has 0 amide bonds. The molecule has 1 aliphatic rings. The molecule has 0 unspecified atom stereocenters. The Kier molecular flexibility index (Phi) is 5.09. The summed E-state index contributed by atoms with van der Waals surface area (Å²) in [5.41, 5.74) is 2.06. The van der Waals surface area contributed by atoms with E-state index < -0.39 is 10.0 Å². The van der Waals surface area contributed by atoms with Gasteiger partial charge in [-0.2, -0.15) is 4.31 Å². The first-order valence-corrected chi connectivity index (χ1v) is 11.7. The molecule has 0 bridgehead atoms. The molecule has 28 heavy (non-hydrogen) atoms. The molecule has 3 aromatic rings. The van der Waals surface area contributed by atoms with Crippen molar-refractivity contribution in [2.45, 2.75) is 6.54 Å². The number of sulfonamides is 1. The summed E-state index contributed by atoms with van der Waals surface area (Å²) >= 11 is 1.63. The second-order valence-corrected chi connectivity index (χ2v) is 10.2. The first kappa shape index (κ1) is 19.3. The number of aryl methyl sites for hydroxylation is 1. The van der Waals surface area contributed by atoms with Gasteiger partial charge in [0.25, 0.3) is 5.56 Å². The number of piperazine rings is 1. The topological polar surface area (TPSA) is 75.5 Å². The van der Waals surface area contributed by atoms with Crippen LogP contribution in [0, 0.1) is 0 Å². The zero-order valence-electron chi connectivity index (χ0n) is 15.8. The standard InChI is InChI=1S/C19H22N4O3S2/c1-21-13-17(14-3-5-20-6-4-14)18-16(19(21)24)11-15(27-18)12-22-7-9-23(10-8-22)28(2,25)26/h3-6,11,13H,7-10,12H2,1-2H3. The molecule has 0 saturated carbocycles. The summed E-state index contributed by atoms with van der Waals surface area (Å²) in [6, 6.07) is 5.88. The Labute approximate surface area is 167 Å². The van der Waals surface area contributed by atoms with Gasteiger partial charge in [0.1, 0.15) is 0 Å². The van der Waals surface area contributed by atoms with Crippen molar-refractivity contribution >= 4 is 31.4 Å². The fraction of sp³-hybridized carbons (Fsp3) is 0.368. The first-order chi connectivity index (χ1) is 13.3. The average Bonchev–Trinajstić information content (AvgIpc) is 3.09. The number of thiophene rings is 1. The SMILES string of the molecule is Cn1cc(-c2ccncc2)c2sc(CN3CCN(S(C)(=O)=O)CC3)cc2c1=O. The summed E-state index contributed by atoms with van der Waals surface area (Å²) in [6.07, 6.45) is 6.64. The van der Waals surface area contributed by atoms with Gasteiger partial charge in [-0.15, -0.1) is 11.3 Å². The molecule has 0 N–H and O–H groups in total. The van der Waals surface area contributed by atoms with Crippen LogP contribution in [0.4, 0.5) is 0 Å². The highest BCUT2D eigenvalue weighted by molar-refractivity contribution is 7.88. The zero-order valence-corrected chi connectivity index (χ0v) is 17.5. The second kappa shape index (κ2) is 7.40. The monoisotopic (exact) mass is 418 g/mol. The molecule has 148 valence electrons. The highest BCUT2D eigenvalue weighted by Gasteiger charge is 2.24. The van der Waals surface area contributed by atoms with Crippen molar-refractivity contribution in [3.05, 3.63) is 52.0 Å². The van der Waals surface area contributed by atoms with Crippen LogP contribution in [0.1, 0.15) is 4.88 Å². The molecule has 7 nitrogen and oxygen atoms in total. The van der Waals surface area contributed by atoms with Gasteiger partial charge < -0.3 is 4.57 Å². The quantitative estimate of drug-likeness (QED) is 0.645. The molecule has 9 heteroatoms. The summed E-state index contributed by atoms with van der Waals surface area (Å²) < 4.78 is 27.5. The molecule has 0 aromatic carbocycles. The molecule has 0 spiro atoms. The number of fused-ring (bicyclic) bond motifs is 1. The van der Waals surface area contributed by atoms with Crippen molar-refractivity contribution in [1.29, 1.82) is 0 Å². The van der Waals surface area contributed by atoms with E-state index in [1.165, 1.54) is 10.6 Å². The van der Waals surface area contributed by atoms with Gasteiger partial charge in [0, 0.05) is 73.5 Å². The predicted octanol–water partition coefficient (Wildman–Crippen LogP) is 1.74. The average molecular weight is 419 g/mol. The van der Waals surface area contributed by atoms with Crippen molar-refractivity contribution in [3.8, 4) is 11.1 Å². The minimum atomic E-state index is -3.13. The predicted molar refractivity (Wildman–Crippen MR) is 112 cm³/mol. The van der Waals surface area contributed by atoms with Crippen molar-refractivity contribution < 1.29 is 8.42 Å². The van der Waals surface area contributed by atoms with Crippen LogP contribution in [-0.2, 0) is 23.6 Å². The van der Waals surface area contributed by atoms with E-state index in [-0.39, 0.29) is 5.56 Å². The summed E-state index contributed by atoms with van der Waals surface area (Å²) in [5, 5.41) is 0.728. The lowest BCUT2D eigenvalue weighted by Gasteiger charge is -2.32.